The largest absolute Gasteiger partial charge is 0.371 e. The summed E-state index contributed by atoms with van der Waals surface area (Å²) in [6.45, 7) is 2.58. The van der Waals surface area contributed by atoms with E-state index in [9.17, 15) is 4.39 Å². The molecule has 2 aromatic rings. The lowest BCUT2D eigenvalue weighted by molar-refractivity contribution is 0.00542. The molecule has 2 atom stereocenters. The molecule has 0 bridgehead atoms. The Morgan fingerprint density at radius 2 is 2.14 bits per heavy atom. The number of aromatic nitrogens is 3. The van der Waals surface area contributed by atoms with E-state index in [4.69, 9.17) is 4.74 Å². The summed E-state index contributed by atoms with van der Waals surface area (Å²) >= 11 is 0. The first-order chi connectivity index (χ1) is 10.8. The smallest absolute Gasteiger partial charge is 0.186 e. The predicted octanol–water partition coefficient (Wildman–Crippen LogP) is 2.91. The van der Waals surface area contributed by atoms with E-state index in [1.807, 2.05) is 19.1 Å². The Labute approximate surface area is 129 Å². The molecule has 1 N–H and O–H groups in total. The van der Waals surface area contributed by atoms with Crippen molar-refractivity contribution < 1.29 is 9.13 Å². The molecule has 0 radical (unpaired) electrons. The van der Waals surface area contributed by atoms with Gasteiger partial charge in [0.2, 0.25) is 0 Å². The van der Waals surface area contributed by atoms with Crippen LogP contribution in [-0.2, 0) is 11.2 Å². The third kappa shape index (κ3) is 3.06. The fourth-order valence-electron chi connectivity index (χ4n) is 2.74. The van der Waals surface area contributed by atoms with Gasteiger partial charge in [-0.2, -0.15) is 0 Å². The van der Waals surface area contributed by atoms with Gasteiger partial charge in [0.25, 0.3) is 0 Å². The molecular weight excluding hydrogens is 283 g/mol. The number of nitrogens with zero attached hydrogens (tertiary/aromatic N) is 3. The van der Waals surface area contributed by atoms with Crippen LogP contribution in [0.25, 0.3) is 0 Å². The second kappa shape index (κ2) is 6.79. The zero-order chi connectivity index (χ0) is 15.4. The maximum Gasteiger partial charge on any atom is 0.186 e. The molecule has 0 amide bonds. The van der Waals surface area contributed by atoms with Gasteiger partial charge in [-0.05, 0) is 37.0 Å². The van der Waals surface area contributed by atoms with Gasteiger partial charge in [0, 0.05) is 19.0 Å². The molecule has 0 aliphatic carbocycles. The minimum absolute atomic E-state index is 0.0229. The zero-order valence-corrected chi connectivity index (χ0v) is 12.5. The minimum Gasteiger partial charge on any atom is -0.371 e. The number of ether oxygens (including phenoxy) is 1. The highest BCUT2D eigenvalue weighted by Crippen LogP contribution is 2.30. The van der Waals surface area contributed by atoms with Crippen molar-refractivity contribution in [3.8, 4) is 0 Å². The standard InChI is InChI=1S/C16H19FN4O/c1-2-12-14(17)16(20-10-19-12)21-13-4-3-9-22-15(13)11-5-7-18-8-6-11/h5-8,10,13,15H,2-4,9H2,1H3,(H,19,20,21)/t13-,15+/m0/s1. The van der Waals surface area contributed by atoms with Gasteiger partial charge in [0.05, 0.1) is 11.7 Å². The van der Waals surface area contributed by atoms with E-state index in [-0.39, 0.29) is 23.8 Å². The molecule has 3 heterocycles. The fourth-order valence-corrected chi connectivity index (χ4v) is 2.74. The highest BCUT2D eigenvalue weighted by Gasteiger charge is 2.28. The van der Waals surface area contributed by atoms with Gasteiger partial charge in [0.15, 0.2) is 11.6 Å². The topological polar surface area (TPSA) is 59.9 Å². The van der Waals surface area contributed by atoms with Crippen molar-refractivity contribution in [2.75, 3.05) is 11.9 Å². The van der Waals surface area contributed by atoms with Crippen LogP contribution in [0.3, 0.4) is 0 Å². The number of hydrogen-bond acceptors (Lipinski definition) is 5. The van der Waals surface area contributed by atoms with E-state index in [0.717, 1.165) is 18.4 Å². The molecule has 5 nitrogen and oxygen atoms in total. The number of halogens is 1. The maximum atomic E-state index is 14.3. The Bertz CT molecular complexity index is 623. The predicted molar refractivity (Wildman–Crippen MR) is 80.9 cm³/mol. The Morgan fingerprint density at radius 3 is 2.91 bits per heavy atom. The van der Waals surface area contributed by atoms with Crippen LogP contribution in [0.4, 0.5) is 10.2 Å². The van der Waals surface area contributed by atoms with Crippen LogP contribution >= 0.6 is 0 Å². The average molecular weight is 302 g/mol. The van der Waals surface area contributed by atoms with Crippen molar-refractivity contribution in [2.45, 2.75) is 38.3 Å². The van der Waals surface area contributed by atoms with Gasteiger partial charge in [-0.25, -0.2) is 14.4 Å². The van der Waals surface area contributed by atoms with Crippen LogP contribution in [0.5, 0.6) is 0 Å². The lowest BCUT2D eigenvalue weighted by Crippen LogP contribution is -2.34. The first-order valence-corrected chi connectivity index (χ1v) is 7.57. The van der Waals surface area contributed by atoms with E-state index in [0.29, 0.717) is 18.7 Å². The van der Waals surface area contributed by atoms with Crippen LogP contribution in [0, 0.1) is 5.82 Å². The molecule has 0 saturated carbocycles. The molecule has 0 spiro atoms. The molecular formula is C16H19FN4O. The first kappa shape index (κ1) is 14.8. The van der Waals surface area contributed by atoms with Crippen LogP contribution < -0.4 is 5.32 Å². The monoisotopic (exact) mass is 302 g/mol. The summed E-state index contributed by atoms with van der Waals surface area (Å²) in [4.78, 5) is 12.0. The number of rotatable bonds is 4. The van der Waals surface area contributed by atoms with Crippen LogP contribution in [0.1, 0.15) is 37.1 Å². The number of pyridine rings is 1. The maximum absolute atomic E-state index is 14.3. The molecule has 0 unspecified atom stereocenters. The van der Waals surface area contributed by atoms with Crippen molar-refractivity contribution in [2.24, 2.45) is 0 Å². The number of hydrogen-bond donors (Lipinski definition) is 1. The van der Waals surface area contributed by atoms with Crippen LogP contribution in [0.15, 0.2) is 30.9 Å². The van der Waals surface area contributed by atoms with Crippen molar-refractivity contribution in [1.29, 1.82) is 0 Å². The lowest BCUT2D eigenvalue weighted by Gasteiger charge is -2.33. The quantitative estimate of drug-likeness (QED) is 0.941. The van der Waals surface area contributed by atoms with Crippen LogP contribution in [-0.4, -0.2) is 27.6 Å². The second-order valence-corrected chi connectivity index (χ2v) is 5.30. The molecule has 22 heavy (non-hydrogen) atoms. The fraction of sp³-hybridized carbons (Fsp3) is 0.438. The van der Waals surface area contributed by atoms with E-state index >= 15 is 0 Å². The van der Waals surface area contributed by atoms with Crippen molar-refractivity contribution >= 4 is 5.82 Å². The summed E-state index contributed by atoms with van der Waals surface area (Å²) in [6.07, 6.45) is 7.13. The summed E-state index contributed by atoms with van der Waals surface area (Å²) in [6, 6.07) is 3.84. The third-order valence-electron chi connectivity index (χ3n) is 3.88. The van der Waals surface area contributed by atoms with E-state index in [1.165, 1.54) is 6.33 Å². The summed E-state index contributed by atoms with van der Waals surface area (Å²) in [5.41, 5.74) is 1.46. The summed E-state index contributed by atoms with van der Waals surface area (Å²) in [7, 11) is 0. The highest BCUT2D eigenvalue weighted by molar-refractivity contribution is 5.39. The molecule has 1 aliphatic rings. The third-order valence-corrected chi connectivity index (χ3v) is 3.88. The number of aryl methyl sites for hydroxylation is 1. The molecule has 1 aliphatic heterocycles. The average Bonchev–Trinajstić information content (AvgIpc) is 2.58. The van der Waals surface area contributed by atoms with Gasteiger partial charge in [-0.1, -0.05) is 6.92 Å². The zero-order valence-electron chi connectivity index (χ0n) is 12.5. The normalized spacial score (nSPS) is 21.5. The van der Waals surface area contributed by atoms with Crippen LogP contribution in [0.2, 0.25) is 0 Å². The highest BCUT2D eigenvalue weighted by atomic mass is 19.1. The molecule has 3 rings (SSSR count). The Balaban J connectivity index is 1.83. The van der Waals surface area contributed by atoms with E-state index in [2.05, 4.69) is 20.3 Å². The Morgan fingerprint density at radius 1 is 1.32 bits per heavy atom. The van der Waals surface area contributed by atoms with Gasteiger partial charge >= 0.3 is 0 Å². The summed E-state index contributed by atoms with van der Waals surface area (Å²) < 4.78 is 20.2. The second-order valence-electron chi connectivity index (χ2n) is 5.30. The van der Waals surface area contributed by atoms with Crippen molar-refractivity contribution in [3.05, 3.63) is 47.9 Å². The SMILES string of the molecule is CCc1ncnc(N[C@H]2CCCO[C@@H]2c2ccncc2)c1F. The number of anilines is 1. The van der Waals surface area contributed by atoms with E-state index < -0.39 is 0 Å². The minimum atomic E-state index is -0.371. The lowest BCUT2D eigenvalue weighted by atomic mass is 9.96. The molecule has 1 fully saturated rings. The van der Waals surface area contributed by atoms with Crippen molar-refractivity contribution in [1.82, 2.24) is 15.0 Å². The molecule has 2 aromatic heterocycles. The summed E-state index contributed by atoms with van der Waals surface area (Å²) in [5.74, 6) is -0.120. The molecule has 6 heteroatoms. The Kier molecular flexibility index (Phi) is 4.58. The van der Waals surface area contributed by atoms with Gasteiger partial charge in [0.1, 0.15) is 12.4 Å². The molecule has 1 saturated heterocycles. The van der Waals surface area contributed by atoms with Gasteiger partial charge < -0.3 is 10.1 Å². The van der Waals surface area contributed by atoms with Gasteiger partial charge in [-0.15, -0.1) is 0 Å². The van der Waals surface area contributed by atoms with E-state index in [1.54, 1.807) is 12.4 Å². The molecule has 0 aromatic carbocycles. The first-order valence-electron chi connectivity index (χ1n) is 7.57. The van der Waals surface area contributed by atoms with Crippen molar-refractivity contribution in [3.63, 3.8) is 0 Å². The molecule has 116 valence electrons. The van der Waals surface area contributed by atoms with Gasteiger partial charge in [-0.3, -0.25) is 4.98 Å². The summed E-state index contributed by atoms with van der Waals surface area (Å²) in [5, 5.41) is 3.20. The number of nitrogens with one attached hydrogen (secondary N) is 1. The Hall–Kier alpha value is -2.08.